The molecule has 0 aliphatic rings. The third-order valence-corrected chi connectivity index (χ3v) is 2.62. The molecule has 2 rings (SSSR count). The molecular weight excluding hydrogens is 220 g/mol. The Morgan fingerprint density at radius 3 is 2.53 bits per heavy atom. The van der Waals surface area contributed by atoms with Crippen LogP contribution in [0.1, 0.15) is 11.1 Å². The van der Waals surface area contributed by atoms with E-state index >= 15 is 0 Å². The lowest BCUT2D eigenvalue weighted by Gasteiger charge is -2.09. The van der Waals surface area contributed by atoms with Gasteiger partial charge in [-0.1, -0.05) is 30.3 Å². The van der Waals surface area contributed by atoms with Crippen molar-refractivity contribution in [1.29, 1.82) is 0 Å². The molecular formula is C14H13F2N. The Balaban J connectivity index is 2.13. The molecule has 3 heteroatoms. The van der Waals surface area contributed by atoms with E-state index in [1.165, 1.54) is 6.07 Å². The first-order valence-corrected chi connectivity index (χ1v) is 5.41. The molecule has 2 aromatic carbocycles. The zero-order valence-electron chi connectivity index (χ0n) is 9.50. The minimum absolute atomic E-state index is 0.271. The fourth-order valence-corrected chi connectivity index (χ4v) is 1.62. The van der Waals surface area contributed by atoms with E-state index in [9.17, 15) is 8.78 Å². The molecule has 88 valence electrons. The number of halogens is 2. The van der Waals surface area contributed by atoms with Crippen molar-refractivity contribution in [2.24, 2.45) is 0 Å². The summed E-state index contributed by atoms with van der Waals surface area (Å²) in [6.07, 6.45) is 0. The van der Waals surface area contributed by atoms with Gasteiger partial charge in [-0.2, -0.15) is 0 Å². The van der Waals surface area contributed by atoms with Gasteiger partial charge in [0, 0.05) is 12.1 Å². The molecule has 0 amide bonds. The first-order chi connectivity index (χ1) is 8.18. The van der Waals surface area contributed by atoms with Gasteiger partial charge in [-0.3, -0.25) is 0 Å². The monoisotopic (exact) mass is 233 g/mol. The van der Waals surface area contributed by atoms with Gasteiger partial charge in [0.25, 0.3) is 0 Å². The highest BCUT2D eigenvalue weighted by Gasteiger charge is 2.05. The molecule has 0 fully saturated rings. The number of benzene rings is 2. The maximum Gasteiger partial charge on any atom is 0.149 e. The average Bonchev–Trinajstić information content (AvgIpc) is 2.33. The summed E-state index contributed by atoms with van der Waals surface area (Å²) in [5, 5.41) is 2.90. The van der Waals surface area contributed by atoms with Crippen LogP contribution >= 0.6 is 0 Å². The van der Waals surface area contributed by atoms with E-state index in [-0.39, 0.29) is 18.2 Å². The standard InChI is InChI=1S/C14H13F2N/c1-10-5-4-8-13(14(10)16)17-9-11-6-2-3-7-12(11)15/h2-8,17H,9H2,1H3. The summed E-state index contributed by atoms with van der Waals surface area (Å²) in [5.74, 6) is -0.572. The minimum atomic E-state index is -0.288. The first-order valence-electron chi connectivity index (χ1n) is 5.41. The number of hydrogen-bond donors (Lipinski definition) is 1. The molecule has 2 aromatic rings. The Labute approximate surface area is 99.1 Å². The number of aryl methyl sites for hydroxylation is 1. The van der Waals surface area contributed by atoms with Gasteiger partial charge in [-0.15, -0.1) is 0 Å². The number of nitrogens with one attached hydrogen (secondary N) is 1. The van der Waals surface area contributed by atoms with Gasteiger partial charge < -0.3 is 5.32 Å². The number of rotatable bonds is 3. The highest BCUT2D eigenvalue weighted by atomic mass is 19.1. The van der Waals surface area contributed by atoms with Crippen LogP contribution in [0.5, 0.6) is 0 Å². The summed E-state index contributed by atoms with van der Waals surface area (Å²) in [4.78, 5) is 0. The summed E-state index contributed by atoms with van der Waals surface area (Å²) < 4.78 is 27.0. The second-order valence-electron chi connectivity index (χ2n) is 3.88. The van der Waals surface area contributed by atoms with Gasteiger partial charge in [-0.05, 0) is 24.6 Å². The number of anilines is 1. The van der Waals surface area contributed by atoms with Gasteiger partial charge in [0.2, 0.25) is 0 Å². The van der Waals surface area contributed by atoms with Gasteiger partial charge in [0.05, 0.1) is 5.69 Å². The van der Waals surface area contributed by atoms with E-state index in [1.54, 1.807) is 43.3 Å². The van der Waals surface area contributed by atoms with E-state index < -0.39 is 0 Å². The molecule has 1 nitrogen and oxygen atoms in total. The summed E-state index contributed by atoms with van der Waals surface area (Å²) >= 11 is 0. The van der Waals surface area contributed by atoms with Gasteiger partial charge in [0.15, 0.2) is 0 Å². The van der Waals surface area contributed by atoms with Crippen molar-refractivity contribution in [3.8, 4) is 0 Å². The molecule has 0 unspecified atom stereocenters. The Morgan fingerprint density at radius 1 is 1.00 bits per heavy atom. The highest BCUT2D eigenvalue weighted by molar-refractivity contribution is 5.47. The molecule has 0 heterocycles. The average molecular weight is 233 g/mol. The van der Waals surface area contributed by atoms with E-state index in [2.05, 4.69) is 5.32 Å². The largest absolute Gasteiger partial charge is 0.378 e. The van der Waals surface area contributed by atoms with Crippen molar-refractivity contribution in [3.05, 3.63) is 65.2 Å². The lowest BCUT2D eigenvalue weighted by Crippen LogP contribution is -2.03. The van der Waals surface area contributed by atoms with Gasteiger partial charge >= 0.3 is 0 Å². The normalized spacial score (nSPS) is 10.3. The zero-order valence-corrected chi connectivity index (χ0v) is 9.50. The maximum absolute atomic E-state index is 13.6. The first kappa shape index (κ1) is 11.6. The van der Waals surface area contributed by atoms with E-state index in [1.807, 2.05) is 0 Å². The zero-order chi connectivity index (χ0) is 12.3. The third kappa shape index (κ3) is 2.61. The Kier molecular flexibility index (Phi) is 3.38. The topological polar surface area (TPSA) is 12.0 Å². The summed E-state index contributed by atoms with van der Waals surface area (Å²) in [6.45, 7) is 1.97. The fourth-order valence-electron chi connectivity index (χ4n) is 1.62. The third-order valence-electron chi connectivity index (χ3n) is 2.62. The van der Waals surface area contributed by atoms with E-state index in [0.29, 0.717) is 16.8 Å². The van der Waals surface area contributed by atoms with Crippen LogP contribution < -0.4 is 5.32 Å². The molecule has 0 saturated carbocycles. The van der Waals surface area contributed by atoms with Crippen molar-refractivity contribution in [2.45, 2.75) is 13.5 Å². The van der Waals surface area contributed by atoms with Crippen LogP contribution in [0.3, 0.4) is 0 Å². The lowest BCUT2D eigenvalue weighted by atomic mass is 10.2. The lowest BCUT2D eigenvalue weighted by molar-refractivity contribution is 0.609. The predicted molar refractivity (Wildman–Crippen MR) is 64.9 cm³/mol. The number of hydrogen-bond acceptors (Lipinski definition) is 1. The van der Waals surface area contributed by atoms with Crippen LogP contribution in [0.25, 0.3) is 0 Å². The summed E-state index contributed by atoms with van der Waals surface area (Å²) in [7, 11) is 0. The Hall–Kier alpha value is -1.90. The maximum atomic E-state index is 13.6. The smallest absolute Gasteiger partial charge is 0.149 e. The van der Waals surface area contributed by atoms with Crippen LogP contribution in [0, 0.1) is 18.6 Å². The molecule has 0 bridgehead atoms. The second-order valence-corrected chi connectivity index (χ2v) is 3.88. The molecule has 0 atom stereocenters. The van der Waals surface area contributed by atoms with Crippen molar-refractivity contribution < 1.29 is 8.78 Å². The van der Waals surface area contributed by atoms with Crippen molar-refractivity contribution >= 4 is 5.69 Å². The molecule has 0 saturated heterocycles. The van der Waals surface area contributed by atoms with Crippen LogP contribution in [0.2, 0.25) is 0 Å². The Morgan fingerprint density at radius 2 is 1.76 bits per heavy atom. The van der Waals surface area contributed by atoms with Crippen molar-refractivity contribution in [2.75, 3.05) is 5.32 Å². The van der Waals surface area contributed by atoms with Crippen molar-refractivity contribution in [3.63, 3.8) is 0 Å². The minimum Gasteiger partial charge on any atom is -0.378 e. The molecule has 17 heavy (non-hydrogen) atoms. The molecule has 0 spiro atoms. The van der Waals surface area contributed by atoms with Gasteiger partial charge in [0.1, 0.15) is 11.6 Å². The Bertz CT molecular complexity index is 523. The van der Waals surface area contributed by atoms with Gasteiger partial charge in [-0.25, -0.2) is 8.78 Å². The van der Waals surface area contributed by atoms with Crippen LogP contribution in [-0.2, 0) is 6.54 Å². The second kappa shape index (κ2) is 4.95. The van der Waals surface area contributed by atoms with Crippen LogP contribution in [0.15, 0.2) is 42.5 Å². The summed E-state index contributed by atoms with van der Waals surface area (Å²) in [6, 6.07) is 11.6. The summed E-state index contributed by atoms with van der Waals surface area (Å²) in [5.41, 5.74) is 1.49. The quantitative estimate of drug-likeness (QED) is 0.848. The van der Waals surface area contributed by atoms with Crippen molar-refractivity contribution in [1.82, 2.24) is 0 Å². The van der Waals surface area contributed by atoms with E-state index in [4.69, 9.17) is 0 Å². The predicted octanol–water partition coefficient (Wildman–Crippen LogP) is 3.89. The molecule has 0 radical (unpaired) electrons. The van der Waals surface area contributed by atoms with Crippen LogP contribution in [-0.4, -0.2) is 0 Å². The SMILES string of the molecule is Cc1cccc(NCc2ccccc2F)c1F. The fraction of sp³-hybridized carbons (Fsp3) is 0.143. The molecule has 0 aliphatic heterocycles. The van der Waals surface area contributed by atoms with E-state index in [0.717, 1.165) is 0 Å². The van der Waals surface area contributed by atoms with Crippen LogP contribution in [0.4, 0.5) is 14.5 Å². The highest BCUT2D eigenvalue weighted by Crippen LogP contribution is 2.18. The molecule has 0 aliphatic carbocycles. The molecule has 0 aromatic heterocycles. The molecule has 1 N–H and O–H groups in total.